The SMILES string of the molecule is COc1ccc(Cl)cc1C1CCCCCC1C#N. The average Bonchev–Trinajstić information content (AvgIpc) is 2.63. The minimum atomic E-state index is 0.0832. The average molecular weight is 264 g/mol. The first kappa shape index (κ1) is 13.2. The molecule has 0 aliphatic heterocycles. The molecule has 0 spiro atoms. The van der Waals surface area contributed by atoms with Crippen LogP contribution in [0.5, 0.6) is 5.75 Å². The van der Waals surface area contributed by atoms with E-state index in [0.29, 0.717) is 5.02 Å². The highest BCUT2D eigenvalue weighted by molar-refractivity contribution is 6.30. The van der Waals surface area contributed by atoms with Crippen molar-refractivity contribution in [2.24, 2.45) is 5.92 Å². The minimum Gasteiger partial charge on any atom is -0.496 e. The van der Waals surface area contributed by atoms with Gasteiger partial charge in [0.25, 0.3) is 0 Å². The van der Waals surface area contributed by atoms with Gasteiger partial charge >= 0.3 is 0 Å². The van der Waals surface area contributed by atoms with E-state index in [1.54, 1.807) is 7.11 Å². The fraction of sp³-hybridized carbons (Fsp3) is 0.533. The lowest BCUT2D eigenvalue weighted by molar-refractivity contribution is 0.393. The van der Waals surface area contributed by atoms with Crippen molar-refractivity contribution in [2.75, 3.05) is 7.11 Å². The molecule has 0 bridgehead atoms. The summed E-state index contributed by atoms with van der Waals surface area (Å²) >= 11 is 6.09. The van der Waals surface area contributed by atoms with E-state index in [-0.39, 0.29) is 11.8 Å². The van der Waals surface area contributed by atoms with Gasteiger partial charge in [-0.1, -0.05) is 30.9 Å². The molecule has 1 aliphatic rings. The van der Waals surface area contributed by atoms with Gasteiger partial charge in [-0.3, -0.25) is 0 Å². The summed E-state index contributed by atoms with van der Waals surface area (Å²) in [6, 6.07) is 8.16. The van der Waals surface area contributed by atoms with Gasteiger partial charge in [0.15, 0.2) is 0 Å². The van der Waals surface area contributed by atoms with Crippen LogP contribution in [0.25, 0.3) is 0 Å². The van der Waals surface area contributed by atoms with E-state index in [9.17, 15) is 5.26 Å². The van der Waals surface area contributed by atoms with Crippen molar-refractivity contribution in [1.82, 2.24) is 0 Å². The van der Waals surface area contributed by atoms with Crippen LogP contribution in [0.2, 0.25) is 5.02 Å². The van der Waals surface area contributed by atoms with Gasteiger partial charge in [0.1, 0.15) is 5.75 Å². The van der Waals surface area contributed by atoms with E-state index in [2.05, 4.69) is 6.07 Å². The summed E-state index contributed by atoms with van der Waals surface area (Å²) in [7, 11) is 1.67. The number of hydrogen-bond donors (Lipinski definition) is 0. The van der Waals surface area contributed by atoms with Gasteiger partial charge in [0.2, 0.25) is 0 Å². The summed E-state index contributed by atoms with van der Waals surface area (Å²) in [6.45, 7) is 0. The van der Waals surface area contributed by atoms with Crippen molar-refractivity contribution < 1.29 is 4.74 Å². The molecule has 0 radical (unpaired) electrons. The van der Waals surface area contributed by atoms with Crippen LogP contribution in [0, 0.1) is 17.2 Å². The van der Waals surface area contributed by atoms with Crippen LogP contribution in [-0.4, -0.2) is 7.11 Å². The normalized spacial score (nSPS) is 24.1. The van der Waals surface area contributed by atoms with Crippen molar-refractivity contribution in [3.63, 3.8) is 0 Å². The molecule has 96 valence electrons. The number of nitrogens with zero attached hydrogens (tertiary/aromatic N) is 1. The smallest absolute Gasteiger partial charge is 0.122 e. The first-order valence-corrected chi connectivity index (χ1v) is 6.87. The molecule has 2 atom stereocenters. The molecule has 0 aromatic heterocycles. The summed E-state index contributed by atoms with van der Waals surface area (Å²) in [4.78, 5) is 0. The summed E-state index contributed by atoms with van der Waals surface area (Å²) < 4.78 is 5.42. The first-order chi connectivity index (χ1) is 8.76. The fourth-order valence-corrected chi connectivity index (χ4v) is 3.01. The van der Waals surface area contributed by atoms with Gasteiger partial charge in [-0.2, -0.15) is 5.26 Å². The highest BCUT2D eigenvalue weighted by atomic mass is 35.5. The third-order valence-corrected chi connectivity index (χ3v) is 4.01. The van der Waals surface area contributed by atoms with Crippen LogP contribution >= 0.6 is 11.6 Å². The lowest BCUT2D eigenvalue weighted by atomic mass is 9.83. The monoisotopic (exact) mass is 263 g/mol. The summed E-state index contributed by atoms with van der Waals surface area (Å²) in [6.07, 6.45) is 5.58. The molecule has 1 aromatic rings. The molecule has 0 N–H and O–H groups in total. The minimum absolute atomic E-state index is 0.0832. The van der Waals surface area contributed by atoms with Crippen molar-refractivity contribution in [3.05, 3.63) is 28.8 Å². The number of halogens is 1. The molecule has 3 heteroatoms. The van der Waals surface area contributed by atoms with E-state index < -0.39 is 0 Å². The molecule has 18 heavy (non-hydrogen) atoms. The number of benzene rings is 1. The standard InChI is InChI=1S/C15H18ClNO/c1-18-15-8-7-12(16)9-14(15)13-6-4-2-3-5-11(13)10-17/h7-9,11,13H,2-6H2,1H3. The Hall–Kier alpha value is -1.20. The Labute approximate surface area is 114 Å². The van der Waals surface area contributed by atoms with Gasteiger partial charge in [-0.25, -0.2) is 0 Å². The Kier molecular flexibility index (Phi) is 4.49. The fourth-order valence-electron chi connectivity index (χ4n) is 2.83. The second kappa shape index (κ2) is 6.11. The van der Waals surface area contributed by atoms with Gasteiger partial charge in [-0.15, -0.1) is 0 Å². The Morgan fingerprint density at radius 1 is 1.28 bits per heavy atom. The van der Waals surface area contributed by atoms with Gasteiger partial charge in [0.05, 0.1) is 19.1 Å². The van der Waals surface area contributed by atoms with Crippen molar-refractivity contribution in [2.45, 2.75) is 38.0 Å². The second-order valence-corrected chi connectivity index (χ2v) is 5.30. The van der Waals surface area contributed by atoms with Crippen LogP contribution in [0.4, 0.5) is 0 Å². The maximum absolute atomic E-state index is 9.36. The molecule has 0 saturated heterocycles. The molecule has 1 fully saturated rings. The predicted octanol–water partition coefficient (Wildman–Crippen LogP) is 4.54. The van der Waals surface area contributed by atoms with E-state index >= 15 is 0 Å². The van der Waals surface area contributed by atoms with Crippen molar-refractivity contribution in [3.8, 4) is 11.8 Å². The van der Waals surface area contributed by atoms with Gasteiger partial charge in [-0.05, 0) is 36.6 Å². The van der Waals surface area contributed by atoms with Crippen LogP contribution < -0.4 is 4.74 Å². The summed E-state index contributed by atoms with van der Waals surface area (Å²) in [5, 5.41) is 10.1. The highest BCUT2D eigenvalue weighted by Gasteiger charge is 2.27. The molecule has 2 unspecified atom stereocenters. The number of ether oxygens (including phenoxy) is 1. The summed E-state index contributed by atoms with van der Waals surface area (Å²) in [5.74, 6) is 1.19. The molecular formula is C15H18ClNO. The molecule has 1 aliphatic carbocycles. The number of methoxy groups -OCH3 is 1. The third-order valence-electron chi connectivity index (χ3n) is 3.77. The Balaban J connectivity index is 2.38. The lowest BCUT2D eigenvalue weighted by Gasteiger charge is -2.22. The lowest BCUT2D eigenvalue weighted by Crippen LogP contribution is -2.11. The van der Waals surface area contributed by atoms with Crippen LogP contribution in [0.15, 0.2) is 18.2 Å². The zero-order valence-corrected chi connectivity index (χ0v) is 11.4. The van der Waals surface area contributed by atoms with Crippen molar-refractivity contribution >= 4 is 11.6 Å². The van der Waals surface area contributed by atoms with Crippen molar-refractivity contribution in [1.29, 1.82) is 5.26 Å². The van der Waals surface area contributed by atoms with E-state index in [4.69, 9.17) is 16.3 Å². The van der Waals surface area contributed by atoms with E-state index in [1.807, 2.05) is 18.2 Å². The first-order valence-electron chi connectivity index (χ1n) is 6.49. The largest absolute Gasteiger partial charge is 0.496 e. The highest BCUT2D eigenvalue weighted by Crippen LogP contribution is 2.41. The molecule has 2 nitrogen and oxygen atoms in total. The topological polar surface area (TPSA) is 33.0 Å². The Morgan fingerprint density at radius 2 is 2.06 bits per heavy atom. The number of hydrogen-bond acceptors (Lipinski definition) is 2. The molecule has 1 aromatic carbocycles. The zero-order valence-electron chi connectivity index (χ0n) is 10.7. The summed E-state index contributed by atoms with van der Waals surface area (Å²) in [5.41, 5.74) is 1.10. The van der Waals surface area contributed by atoms with Crippen LogP contribution in [0.1, 0.15) is 43.6 Å². The van der Waals surface area contributed by atoms with Crippen LogP contribution in [0.3, 0.4) is 0 Å². The number of nitriles is 1. The van der Waals surface area contributed by atoms with E-state index in [1.165, 1.54) is 12.8 Å². The van der Waals surface area contributed by atoms with Gasteiger partial charge in [0, 0.05) is 10.9 Å². The zero-order chi connectivity index (χ0) is 13.0. The molecule has 0 amide bonds. The second-order valence-electron chi connectivity index (χ2n) is 4.87. The van der Waals surface area contributed by atoms with Crippen LogP contribution in [-0.2, 0) is 0 Å². The predicted molar refractivity (Wildman–Crippen MR) is 72.9 cm³/mol. The maximum Gasteiger partial charge on any atom is 0.122 e. The number of rotatable bonds is 2. The Morgan fingerprint density at radius 3 is 2.78 bits per heavy atom. The third kappa shape index (κ3) is 2.79. The van der Waals surface area contributed by atoms with Gasteiger partial charge < -0.3 is 4.74 Å². The maximum atomic E-state index is 9.36. The molecule has 0 heterocycles. The molecular weight excluding hydrogens is 246 g/mol. The van der Waals surface area contributed by atoms with E-state index in [0.717, 1.165) is 30.6 Å². The Bertz CT molecular complexity index is 452. The quantitative estimate of drug-likeness (QED) is 0.734. The molecule has 1 saturated carbocycles. The molecule has 2 rings (SSSR count).